The van der Waals surface area contributed by atoms with Crippen molar-refractivity contribution in [3.63, 3.8) is 0 Å². The lowest BCUT2D eigenvalue weighted by Crippen LogP contribution is -2.10. The molecule has 1 aromatic rings. The molecule has 0 spiro atoms. The summed E-state index contributed by atoms with van der Waals surface area (Å²) in [6.45, 7) is 0.409. The van der Waals surface area contributed by atoms with E-state index in [4.69, 9.17) is 5.11 Å². The van der Waals surface area contributed by atoms with Gasteiger partial charge in [-0.15, -0.1) is 10.2 Å². The molecule has 0 amide bonds. The molecular formula is C8H11N3O3. The Morgan fingerprint density at radius 3 is 2.86 bits per heavy atom. The molecule has 0 saturated carbocycles. The van der Waals surface area contributed by atoms with E-state index < -0.39 is 5.97 Å². The first-order chi connectivity index (χ1) is 6.77. The monoisotopic (exact) mass is 197 g/mol. The van der Waals surface area contributed by atoms with Crippen LogP contribution >= 0.6 is 0 Å². The molecule has 0 aromatic carbocycles. The fourth-order valence-electron chi connectivity index (χ4n) is 0.824. The Morgan fingerprint density at radius 1 is 1.57 bits per heavy atom. The third-order valence-corrected chi connectivity index (χ3v) is 1.48. The topological polar surface area (TPSA) is 84.3 Å². The normalized spacial score (nSPS) is 9.57. The quantitative estimate of drug-likeness (QED) is 0.643. The van der Waals surface area contributed by atoms with Crippen LogP contribution in [0.2, 0.25) is 0 Å². The van der Waals surface area contributed by atoms with Crippen LogP contribution in [0.4, 0.5) is 5.82 Å². The van der Waals surface area contributed by atoms with Crippen molar-refractivity contribution >= 4 is 11.8 Å². The van der Waals surface area contributed by atoms with Gasteiger partial charge in [-0.25, -0.2) is 4.79 Å². The Labute approximate surface area is 80.9 Å². The van der Waals surface area contributed by atoms with Gasteiger partial charge in [0, 0.05) is 6.54 Å². The number of ether oxygens (including phenoxy) is 1. The molecule has 0 aliphatic carbocycles. The predicted molar refractivity (Wildman–Crippen MR) is 48.9 cm³/mol. The van der Waals surface area contributed by atoms with Crippen LogP contribution in [-0.4, -0.2) is 41.5 Å². The van der Waals surface area contributed by atoms with Crippen molar-refractivity contribution < 1.29 is 14.6 Å². The first-order valence-electron chi connectivity index (χ1n) is 4.04. The van der Waals surface area contributed by atoms with E-state index >= 15 is 0 Å². The average molecular weight is 197 g/mol. The maximum absolute atomic E-state index is 11.0. The zero-order chi connectivity index (χ0) is 10.4. The van der Waals surface area contributed by atoms with E-state index in [1.54, 1.807) is 6.07 Å². The second kappa shape index (κ2) is 5.13. The Bertz CT molecular complexity index is 299. The number of nitrogens with one attached hydrogen (secondary N) is 1. The fraction of sp³-hybridized carbons (Fsp3) is 0.375. The van der Waals surface area contributed by atoms with Crippen molar-refractivity contribution in [3.05, 3.63) is 17.8 Å². The molecule has 1 aromatic heterocycles. The summed E-state index contributed by atoms with van der Waals surface area (Å²) >= 11 is 0. The SMILES string of the molecule is COC(=O)c1ccc(NCCO)nn1. The van der Waals surface area contributed by atoms with Gasteiger partial charge in [-0.05, 0) is 12.1 Å². The number of hydrogen-bond acceptors (Lipinski definition) is 6. The van der Waals surface area contributed by atoms with E-state index in [9.17, 15) is 4.79 Å². The van der Waals surface area contributed by atoms with Crippen LogP contribution < -0.4 is 5.32 Å². The molecule has 1 rings (SSSR count). The van der Waals surface area contributed by atoms with E-state index in [1.807, 2.05) is 0 Å². The van der Waals surface area contributed by atoms with Crippen molar-refractivity contribution in [2.45, 2.75) is 0 Å². The third-order valence-electron chi connectivity index (χ3n) is 1.48. The highest BCUT2D eigenvalue weighted by atomic mass is 16.5. The summed E-state index contributed by atoms with van der Waals surface area (Å²) in [7, 11) is 1.28. The molecule has 1 heterocycles. The molecule has 0 aliphatic heterocycles. The molecule has 76 valence electrons. The second-order valence-corrected chi connectivity index (χ2v) is 2.45. The lowest BCUT2D eigenvalue weighted by molar-refractivity contribution is 0.0593. The molecule has 0 bridgehead atoms. The number of rotatable bonds is 4. The van der Waals surface area contributed by atoms with Gasteiger partial charge in [0.2, 0.25) is 0 Å². The zero-order valence-corrected chi connectivity index (χ0v) is 7.73. The summed E-state index contributed by atoms with van der Waals surface area (Å²) in [5.41, 5.74) is 0.155. The van der Waals surface area contributed by atoms with Crippen molar-refractivity contribution in [1.29, 1.82) is 0 Å². The predicted octanol–water partition coefficient (Wildman–Crippen LogP) is -0.333. The average Bonchev–Trinajstić information content (AvgIpc) is 2.26. The number of aliphatic hydroxyl groups is 1. The van der Waals surface area contributed by atoms with Crippen LogP contribution in [0.5, 0.6) is 0 Å². The maximum atomic E-state index is 11.0. The van der Waals surface area contributed by atoms with Gasteiger partial charge in [0.25, 0.3) is 0 Å². The van der Waals surface area contributed by atoms with Gasteiger partial charge in [-0.2, -0.15) is 0 Å². The smallest absolute Gasteiger partial charge is 0.358 e. The molecule has 0 fully saturated rings. The van der Waals surface area contributed by atoms with E-state index in [0.717, 1.165) is 0 Å². The van der Waals surface area contributed by atoms with Crippen LogP contribution in [0, 0.1) is 0 Å². The molecule has 14 heavy (non-hydrogen) atoms. The number of methoxy groups -OCH3 is 1. The highest BCUT2D eigenvalue weighted by Gasteiger charge is 2.06. The number of aromatic nitrogens is 2. The third kappa shape index (κ3) is 2.67. The van der Waals surface area contributed by atoms with Gasteiger partial charge < -0.3 is 15.2 Å². The zero-order valence-electron chi connectivity index (χ0n) is 7.73. The van der Waals surface area contributed by atoms with Gasteiger partial charge in [-0.1, -0.05) is 0 Å². The van der Waals surface area contributed by atoms with E-state index in [-0.39, 0.29) is 12.3 Å². The minimum absolute atomic E-state index is 0.0143. The van der Waals surface area contributed by atoms with Gasteiger partial charge in [-0.3, -0.25) is 0 Å². The van der Waals surface area contributed by atoms with Gasteiger partial charge in [0.1, 0.15) is 5.82 Å². The van der Waals surface area contributed by atoms with Crippen LogP contribution in [0.1, 0.15) is 10.5 Å². The first-order valence-corrected chi connectivity index (χ1v) is 4.04. The van der Waals surface area contributed by atoms with E-state index in [0.29, 0.717) is 12.4 Å². The number of carbonyl (C=O) groups excluding carboxylic acids is 1. The molecule has 0 aliphatic rings. The lowest BCUT2D eigenvalue weighted by atomic mass is 10.4. The lowest BCUT2D eigenvalue weighted by Gasteiger charge is -2.02. The summed E-state index contributed by atoms with van der Waals surface area (Å²) in [6, 6.07) is 3.09. The van der Waals surface area contributed by atoms with Crippen LogP contribution in [0.25, 0.3) is 0 Å². The summed E-state index contributed by atoms with van der Waals surface area (Å²) in [4.78, 5) is 11.0. The number of carbonyl (C=O) groups is 1. The molecule has 0 radical (unpaired) electrons. The van der Waals surface area contributed by atoms with Gasteiger partial charge in [0.05, 0.1) is 13.7 Å². The first kappa shape index (κ1) is 10.4. The standard InChI is InChI=1S/C8H11N3O3/c1-14-8(13)6-2-3-7(11-10-6)9-4-5-12/h2-3,12H,4-5H2,1H3,(H,9,11). The Kier molecular flexibility index (Phi) is 3.81. The van der Waals surface area contributed by atoms with Crippen molar-refractivity contribution in [2.75, 3.05) is 25.6 Å². The highest BCUT2D eigenvalue weighted by molar-refractivity contribution is 5.86. The number of nitrogens with zero attached hydrogens (tertiary/aromatic N) is 2. The summed E-state index contributed by atoms with van der Waals surface area (Å²) in [5, 5.41) is 18.7. The summed E-state index contributed by atoms with van der Waals surface area (Å²) in [6.07, 6.45) is 0. The summed E-state index contributed by atoms with van der Waals surface area (Å²) in [5.74, 6) is -0.0158. The molecule has 6 nitrogen and oxygen atoms in total. The largest absolute Gasteiger partial charge is 0.464 e. The van der Waals surface area contributed by atoms with Crippen LogP contribution in [0.15, 0.2) is 12.1 Å². The fourth-order valence-corrected chi connectivity index (χ4v) is 0.824. The Morgan fingerprint density at radius 2 is 2.36 bits per heavy atom. The minimum Gasteiger partial charge on any atom is -0.464 e. The van der Waals surface area contributed by atoms with Crippen LogP contribution in [0.3, 0.4) is 0 Å². The second-order valence-electron chi connectivity index (χ2n) is 2.45. The summed E-state index contributed by atoms with van der Waals surface area (Å²) < 4.78 is 4.46. The van der Waals surface area contributed by atoms with Crippen molar-refractivity contribution in [3.8, 4) is 0 Å². The molecule has 0 unspecified atom stereocenters. The van der Waals surface area contributed by atoms with Crippen LogP contribution in [-0.2, 0) is 4.74 Å². The van der Waals surface area contributed by atoms with Gasteiger partial charge >= 0.3 is 5.97 Å². The van der Waals surface area contributed by atoms with Crippen molar-refractivity contribution in [2.24, 2.45) is 0 Å². The molecule has 6 heteroatoms. The van der Waals surface area contributed by atoms with E-state index in [1.165, 1.54) is 13.2 Å². The molecule has 0 saturated heterocycles. The Balaban J connectivity index is 2.63. The maximum Gasteiger partial charge on any atom is 0.358 e. The Hall–Kier alpha value is -1.69. The number of esters is 1. The molecular weight excluding hydrogens is 186 g/mol. The van der Waals surface area contributed by atoms with Crippen molar-refractivity contribution in [1.82, 2.24) is 10.2 Å². The molecule has 0 atom stereocenters. The van der Waals surface area contributed by atoms with Gasteiger partial charge in [0.15, 0.2) is 5.69 Å². The number of anilines is 1. The van der Waals surface area contributed by atoms with E-state index in [2.05, 4.69) is 20.3 Å². The highest BCUT2D eigenvalue weighted by Crippen LogP contribution is 2.02. The molecule has 2 N–H and O–H groups in total. The number of aliphatic hydroxyl groups excluding tert-OH is 1. The number of hydrogen-bond donors (Lipinski definition) is 2. The minimum atomic E-state index is -0.522.